The third-order valence-electron chi connectivity index (χ3n) is 5.14. The Bertz CT molecular complexity index is 757. The fraction of sp³-hybridized carbons (Fsp3) is 0.444. The Hall–Kier alpha value is -1.92. The average Bonchev–Trinajstić information content (AvgIpc) is 2.62. The number of rotatable bonds is 3. The van der Waals surface area contributed by atoms with Crippen molar-refractivity contribution in [3.63, 3.8) is 0 Å². The Balaban J connectivity index is 1.41. The molecule has 0 amide bonds. The van der Waals surface area contributed by atoms with E-state index in [1.165, 1.54) is 6.07 Å². The van der Waals surface area contributed by atoms with Gasteiger partial charge in [0, 0.05) is 55.6 Å². The van der Waals surface area contributed by atoms with Crippen LogP contribution in [0.25, 0.3) is 0 Å². The molecule has 1 saturated heterocycles. The summed E-state index contributed by atoms with van der Waals surface area (Å²) in [4.78, 5) is 13.3. The molecule has 0 radical (unpaired) electrons. The fourth-order valence-corrected chi connectivity index (χ4v) is 3.71. The lowest BCUT2D eigenvalue weighted by Gasteiger charge is -2.37. The maximum absolute atomic E-state index is 13.3. The number of hydrogen-bond acceptors (Lipinski definition) is 5. The zero-order valence-electron chi connectivity index (χ0n) is 13.9. The Morgan fingerprint density at radius 2 is 1.76 bits per heavy atom. The minimum Gasteiger partial charge on any atom is -0.368 e. The van der Waals surface area contributed by atoms with Crippen molar-refractivity contribution in [1.29, 1.82) is 0 Å². The van der Waals surface area contributed by atoms with E-state index < -0.39 is 0 Å². The molecule has 7 heteroatoms. The summed E-state index contributed by atoms with van der Waals surface area (Å²) in [6.07, 6.45) is 3.67. The van der Waals surface area contributed by atoms with Crippen molar-refractivity contribution in [2.45, 2.75) is 24.8 Å². The fourth-order valence-electron chi connectivity index (χ4n) is 3.54. The summed E-state index contributed by atoms with van der Waals surface area (Å²) >= 11 is 5.90. The maximum Gasteiger partial charge on any atom is 0.141 e. The molecule has 0 bridgehead atoms. The molecule has 2 aromatic rings. The highest BCUT2D eigenvalue weighted by atomic mass is 35.5. The van der Waals surface area contributed by atoms with Crippen LogP contribution >= 0.6 is 11.6 Å². The molecule has 0 spiro atoms. The van der Waals surface area contributed by atoms with E-state index in [1.807, 2.05) is 0 Å². The quantitative estimate of drug-likeness (QED) is 0.911. The van der Waals surface area contributed by atoms with Gasteiger partial charge in [-0.3, -0.25) is 0 Å². The zero-order chi connectivity index (χ0) is 17.4. The first-order valence-electron chi connectivity index (χ1n) is 8.62. The SMILES string of the molecule is NC1CC(c2cc(N3CCN(c4ccc(F)c(Cl)c4)CC3)ncn2)C1. The molecule has 2 N–H and O–H groups in total. The number of halogens is 2. The zero-order valence-corrected chi connectivity index (χ0v) is 14.7. The molecule has 1 aromatic heterocycles. The molecule has 2 aliphatic rings. The van der Waals surface area contributed by atoms with Gasteiger partial charge < -0.3 is 15.5 Å². The van der Waals surface area contributed by atoms with Crippen LogP contribution in [0.1, 0.15) is 24.5 Å². The van der Waals surface area contributed by atoms with E-state index in [-0.39, 0.29) is 10.8 Å². The van der Waals surface area contributed by atoms with E-state index in [2.05, 4.69) is 25.8 Å². The van der Waals surface area contributed by atoms with Crippen molar-refractivity contribution >= 4 is 23.1 Å². The van der Waals surface area contributed by atoms with Gasteiger partial charge in [-0.05, 0) is 31.0 Å². The molecule has 132 valence electrons. The van der Waals surface area contributed by atoms with Gasteiger partial charge in [-0.2, -0.15) is 0 Å². The molecule has 1 aromatic carbocycles. The van der Waals surface area contributed by atoms with Gasteiger partial charge >= 0.3 is 0 Å². The van der Waals surface area contributed by atoms with Crippen LogP contribution in [0, 0.1) is 5.82 Å². The van der Waals surface area contributed by atoms with Gasteiger partial charge in [-0.25, -0.2) is 14.4 Å². The largest absolute Gasteiger partial charge is 0.368 e. The van der Waals surface area contributed by atoms with Crippen LogP contribution in [0.5, 0.6) is 0 Å². The molecule has 4 rings (SSSR count). The van der Waals surface area contributed by atoms with Crippen molar-refractivity contribution in [1.82, 2.24) is 9.97 Å². The number of piperazine rings is 1. The van der Waals surface area contributed by atoms with Crippen molar-refractivity contribution in [2.24, 2.45) is 5.73 Å². The number of hydrogen-bond donors (Lipinski definition) is 1. The van der Waals surface area contributed by atoms with E-state index in [0.717, 1.165) is 56.2 Å². The minimum absolute atomic E-state index is 0.166. The van der Waals surface area contributed by atoms with Crippen LogP contribution in [0.3, 0.4) is 0 Å². The highest BCUT2D eigenvalue weighted by Gasteiger charge is 2.29. The van der Waals surface area contributed by atoms with Gasteiger partial charge in [-0.1, -0.05) is 11.6 Å². The smallest absolute Gasteiger partial charge is 0.141 e. The summed E-state index contributed by atoms with van der Waals surface area (Å²) in [5.41, 5.74) is 7.94. The number of nitrogens with zero attached hydrogens (tertiary/aromatic N) is 4. The summed E-state index contributed by atoms with van der Waals surface area (Å²) in [6.45, 7) is 3.40. The molecular formula is C18H21ClFN5. The molecule has 1 aliphatic carbocycles. The molecule has 2 heterocycles. The molecular weight excluding hydrogens is 341 g/mol. The minimum atomic E-state index is -0.381. The third kappa shape index (κ3) is 3.41. The number of nitrogens with two attached hydrogens (primary N) is 1. The molecule has 2 fully saturated rings. The van der Waals surface area contributed by atoms with Crippen molar-refractivity contribution < 1.29 is 4.39 Å². The maximum atomic E-state index is 13.3. The van der Waals surface area contributed by atoms with E-state index in [9.17, 15) is 4.39 Å². The Labute approximate surface area is 151 Å². The lowest BCUT2D eigenvalue weighted by atomic mass is 9.78. The molecule has 0 atom stereocenters. The summed E-state index contributed by atoms with van der Waals surface area (Å²) in [7, 11) is 0. The number of anilines is 2. The highest BCUT2D eigenvalue weighted by molar-refractivity contribution is 6.31. The summed E-state index contributed by atoms with van der Waals surface area (Å²) in [5, 5.41) is 0.166. The van der Waals surface area contributed by atoms with Gasteiger partial charge in [0.05, 0.1) is 5.02 Å². The summed E-state index contributed by atoms with van der Waals surface area (Å²) in [5.74, 6) is 1.06. The number of benzene rings is 1. The second-order valence-electron chi connectivity index (χ2n) is 6.80. The van der Waals surface area contributed by atoms with Crippen LogP contribution in [-0.4, -0.2) is 42.2 Å². The predicted octanol–water partition coefficient (Wildman–Crippen LogP) is 2.80. The average molecular weight is 362 g/mol. The standard InChI is InChI=1S/C18H21ClFN5/c19-15-9-14(1-2-16(15)20)24-3-5-25(6-4-24)18-10-17(22-11-23-18)12-7-13(21)8-12/h1-2,9-13H,3-8,21H2. The Morgan fingerprint density at radius 3 is 2.44 bits per heavy atom. The van der Waals surface area contributed by atoms with Gasteiger partial charge in [0.25, 0.3) is 0 Å². The van der Waals surface area contributed by atoms with Crippen LogP contribution in [0.15, 0.2) is 30.6 Å². The first-order valence-corrected chi connectivity index (χ1v) is 9.00. The van der Waals surface area contributed by atoms with Crippen molar-refractivity contribution in [3.8, 4) is 0 Å². The van der Waals surface area contributed by atoms with Crippen LogP contribution in [0.2, 0.25) is 5.02 Å². The predicted molar refractivity (Wildman–Crippen MR) is 97.8 cm³/mol. The molecule has 25 heavy (non-hydrogen) atoms. The van der Waals surface area contributed by atoms with E-state index in [4.69, 9.17) is 17.3 Å². The second-order valence-corrected chi connectivity index (χ2v) is 7.21. The number of aromatic nitrogens is 2. The lowest BCUT2D eigenvalue weighted by molar-refractivity contribution is 0.345. The van der Waals surface area contributed by atoms with Crippen molar-refractivity contribution in [2.75, 3.05) is 36.0 Å². The van der Waals surface area contributed by atoms with E-state index in [0.29, 0.717) is 12.0 Å². The molecule has 1 aliphatic heterocycles. The van der Waals surface area contributed by atoms with Gasteiger partial charge in [0.15, 0.2) is 0 Å². The van der Waals surface area contributed by atoms with Crippen LogP contribution in [-0.2, 0) is 0 Å². The van der Waals surface area contributed by atoms with Crippen LogP contribution in [0.4, 0.5) is 15.9 Å². The normalized spacial score (nSPS) is 23.5. The first-order chi connectivity index (χ1) is 12.1. The summed E-state index contributed by atoms with van der Waals surface area (Å²) in [6, 6.07) is 7.30. The van der Waals surface area contributed by atoms with Crippen LogP contribution < -0.4 is 15.5 Å². The first kappa shape index (κ1) is 16.5. The van der Waals surface area contributed by atoms with Crippen molar-refractivity contribution in [3.05, 3.63) is 47.1 Å². The molecule has 1 saturated carbocycles. The molecule has 0 unspecified atom stereocenters. The van der Waals surface area contributed by atoms with Gasteiger partial charge in [0.1, 0.15) is 18.0 Å². The topological polar surface area (TPSA) is 58.3 Å². The lowest BCUT2D eigenvalue weighted by Crippen LogP contribution is -2.47. The van der Waals surface area contributed by atoms with E-state index >= 15 is 0 Å². The highest BCUT2D eigenvalue weighted by Crippen LogP contribution is 2.35. The second kappa shape index (κ2) is 6.77. The molecule has 5 nitrogen and oxygen atoms in total. The van der Waals surface area contributed by atoms with Gasteiger partial charge in [0.2, 0.25) is 0 Å². The third-order valence-corrected chi connectivity index (χ3v) is 5.43. The Morgan fingerprint density at radius 1 is 1.04 bits per heavy atom. The monoisotopic (exact) mass is 361 g/mol. The Kier molecular flexibility index (Phi) is 4.48. The van der Waals surface area contributed by atoms with E-state index in [1.54, 1.807) is 18.5 Å². The summed E-state index contributed by atoms with van der Waals surface area (Å²) < 4.78 is 13.3. The van der Waals surface area contributed by atoms with Gasteiger partial charge in [-0.15, -0.1) is 0 Å².